The molecule has 0 unspecified atom stereocenters. The van der Waals surface area contributed by atoms with Gasteiger partial charge in [0.2, 0.25) is 0 Å². The van der Waals surface area contributed by atoms with E-state index in [1.807, 2.05) is 55.5 Å². The van der Waals surface area contributed by atoms with Gasteiger partial charge in [0.1, 0.15) is 12.6 Å². The van der Waals surface area contributed by atoms with Crippen molar-refractivity contribution in [3.63, 3.8) is 0 Å². The molecular weight excluding hydrogens is 286 g/mol. The standard InChI is InChI=1S/C17H18ClNO2/c1-12(14-9-5-6-10-15(14)18)16(19)17(20)21-11-13-7-3-2-4-8-13/h2-10,12,16H,11,19H2,1H3/t12-,16+/m0/s1. The minimum atomic E-state index is -0.742. The molecule has 0 saturated carbocycles. The second-order valence-electron chi connectivity index (χ2n) is 4.93. The number of nitrogens with two attached hydrogens (primary N) is 1. The average molecular weight is 304 g/mol. The number of esters is 1. The average Bonchev–Trinajstić information content (AvgIpc) is 2.52. The maximum absolute atomic E-state index is 12.1. The summed E-state index contributed by atoms with van der Waals surface area (Å²) in [6, 6.07) is 16.1. The number of halogens is 1. The first kappa shape index (κ1) is 15.5. The highest BCUT2D eigenvalue weighted by Gasteiger charge is 2.25. The van der Waals surface area contributed by atoms with Crippen LogP contribution in [0, 0.1) is 0 Å². The monoisotopic (exact) mass is 303 g/mol. The van der Waals surface area contributed by atoms with Crippen molar-refractivity contribution in [3.05, 3.63) is 70.7 Å². The van der Waals surface area contributed by atoms with Crippen LogP contribution in [0.3, 0.4) is 0 Å². The zero-order chi connectivity index (χ0) is 15.2. The molecule has 0 aromatic heterocycles. The Labute approximate surface area is 129 Å². The summed E-state index contributed by atoms with van der Waals surface area (Å²) in [7, 11) is 0. The lowest BCUT2D eigenvalue weighted by atomic mass is 9.94. The minimum Gasteiger partial charge on any atom is -0.460 e. The molecule has 0 aliphatic carbocycles. The first-order valence-corrected chi connectivity index (χ1v) is 7.18. The Bertz CT molecular complexity index is 601. The van der Waals surface area contributed by atoms with Crippen LogP contribution in [0.5, 0.6) is 0 Å². The molecule has 2 aromatic rings. The third kappa shape index (κ3) is 4.06. The number of hydrogen-bond acceptors (Lipinski definition) is 3. The van der Waals surface area contributed by atoms with Crippen molar-refractivity contribution in [2.75, 3.05) is 0 Å². The van der Waals surface area contributed by atoms with Crippen molar-refractivity contribution in [2.24, 2.45) is 5.73 Å². The van der Waals surface area contributed by atoms with Crippen LogP contribution in [-0.2, 0) is 16.1 Å². The van der Waals surface area contributed by atoms with Gasteiger partial charge in [-0.25, -0.2) is 0 Å². The van der Waals surface area contributed by atoms with Crippen LogP contribution in [-0.4, -0.2) is 12.0 Å². The molecule has 2 atom stereocenters. The zero-order valence-electron chi connectivity index (χ0n) is 11.8. The second kappa shape index (κ2) is 7.25. The number of hydrogen-bond donors (Lipinski definition) is 1. The third-order valence-electron chi connectivity index (χ3n) is 3.43. The van der Waals surface area contributed by atoms with Crippen molar-refractivity contribution in [2.45, 2.75) is 25.5 Å². The minimum absolute atomic E-state index is 0.207. The maximum Gasteiger partial charge on any atom is 0.323 e. The smallest absolute Gasteiger partial charge is 0.323 e. The first-order chi connectivity index (χ1) is 10.1. The van der Waals surface area contributed by atoms with Gasteiger partial charge in [0.15, 0.2) is 0 Å². The number of benzene rings is 2. The summed E-state index contributed by atoms with van der Waals surface area (Å²) >= 11 is 6.13. The molecule has 3 nitrogen and oxygen atoms in total. The van der Waals surface area contributed by atoms with Gasteiger partial charge < -0.3 is 10.5 Å². The molecule has 4 heteroatoms. The highest BCUT2D eigenvalue weighted by molar-refractivity contribution is 6.31. The van der Waals surface area contributed by atoms with Gasteiger partial charge in [-0.3, -0.25) is 4.79 Å². The van der Waals surface area contributed by atoms with Crippen molar-refractivity contribution in [1.82, 2.24) is 0 Å². The zero-order valence-corrected chi connectivity index (χ0v) is 12.6. The Morgan fingerprint density at radius 2 is 1.76 bits per heavy atom. The molecule has 0 heterocycles. The molecule has 0 saturated heterocycles. The van der Waals surface area contributed by atoms with E-state index in [1.165, 1.54) is 0 Å². The maximum atomic E-state index is 12.1. The number of rotatable bonds is 5. The van der Waals surface area contributed by atoms with E-state index < -0.39 is 12.0 Å². The van der Waals surface area contributed by atoms with E-state index in [9.17, 15) is 4.79 Å². The molecule has 0 aliphatic rings. The molecule has 0 radical (unpaired) electrons. The second-order valence-corrected chi connectivity index (χ2v) is 5.34. The molecule has 110 valence electrons. The number of carbonyl (C=O) groups is 1. The van der Waals surface area contributed by atoms with E-state index >= 15 is 0 Å². The topological polar surface area (TPSA) is 52.3 Å². The number of carbonyl (C=O) groups excluding carboxylic acids is 1. The lowest BCUT2D eigenvalue weighted by molar-refractivity contribution is -0.147. The van der Waals surface area contributed by atoms with Crippen LogP contribution < -0.4 is 5.73 Å². The Morgan fingerprint density at radius 3 is 2.43 bits per heavy atom. The Hall–Kier alpha value is -1.84. The van der Waals surface area contributed by atoms with Crippen molar-refractivity contribution < 1.29 is 9.53 Å². The van der Waals surface area contributed by atoms with E-state index in [1.54, 1.807) is 6.07 Å². The summed E-state index contributed by atoms with van der Waals surface area (Å²) < 4.78 is 5.27. The lowest BCUT2D eigenvalue weighted by Crippen LogP contribution is -2.37. The Morgan fingerprint density at radius 1 is 1.14 bits per heavy atom. The Balaban J connectivity index is 1.97. The molecule has 21 heavy (non-hydrogen) atoms. The van der Waals surface area contributed by atoms with Gasteiger partial charge >= 0.3 is 5.97 Å². The van der Waals surface area contributed by atoms with Gasteiger partial charge in [0.25, 0.3) is 0 Å². The predicted molar refractivity (Wildman–Crippen MR) is 84.1 cm³/mol. The van der Waals surface area contributed by atoms with E-state index in [-0.39, 0.29) is 12.5 Å². The van der Waals surface area contributed by atoms with Crippen LogP contribution in [0.2, 0.25) is 5.02 Å². The van der Waals surface area contributed by atoms with Crippen LogP contribution in [0.1, 0.15) is 24.0 Å². The van der Waals surface area contributed by atoms with Gasteiger partial charge in [0, 0.05) is 10.9 Å². The summed E-state index contributed by atoms with van der Waals surface area (Å²) in [5.74, 6) is -0.631. The highest BCUT2D eigenvalue weighted by Crippen LogP contribution is 2.26. The molecule has 0 bridgehead atoms. The van der Waals surface area contributed by atoms with Gasteiger partial charge in [-0.05, 0) is 17.2 Å². The normalized spacial score (nSPS) is 13.5. The van der Waals surface area contributed by atoms with Gasteiger partial charge in [-0.1, -0.05) is 67.1 Å². The van der Waals surface area contributed by atoms with E-state index in [2.05, 4.69) is 0 Å². The van der Waals surface area contributed by atoms with Gasteiger partial charge in [0.05, 0.1) is 0 Å². The summed E-state index contributed by atoms with van der Waals surface area (Å²) in [6.45, 7) is 2.10. The fourth-order valence-corrected chi connectivity index (χ4v) is 2.37. The third-order valence-corrected chi connectivity index (χ3v) is 3.77. The highest BCUT2D eigenvalue weighted by atomic mass is 35.5. The Kier molecular flexibility index (Phi) is 5.37. The van der Waals surface area contributed by atoms with Crippen molar-refractivity contribution in [3.8, 4) is 0 Å². The van der Waals surface area contributed by atoms with Crippen LogP contribution in [0.4, 0.5) is 0 Å². The summed E-state index contributed by atoms with van der Waals surface area (Å²) in [4.78, 5) is 12.1. The van der Waals surface area contributed by atoms with Gasteiger partial charge in [-0.2, -0.15) is 0 Å². The predicted octanol–water partition coefficient (Wildman–Crippen LogP) is 3.51. The molecule has 0 fully saturated rings. The molecular formula is C17H18ClNO2. The summed E-state index contributed by atoms with van der Waals surface area (Å²) in [5, 5.41) is 0.608. The summed E-state index contributed by atoms with van der Waals surface area (Å²) in [6.07, 6.45) is 0. The van der Waals surface area contributed by atoms with E-state index in [0.717, 1.165) is 11.1 Å². The quantitative estimate of drug-likeness (QED) is 0.860. The first-order valence-electron chi connectivity index (χ1n) is 6.80. The molecule has 0 amide bonds. The van der Waals surface area contributed by atoms with E-state index in [4.69, 9.17) is 22.1 Å². The summed E-state index contributed by atoms with van der Waals surface area (Å²) in [5.41, 5.74) is 7.78. The SMILES string of the molecule is C[C@@H](c1ccccc1Cl)[C@@H](N)C(=O)OCc1ccccc1. The molecule has 2 rings (SSSR count). The van der Waals surface area contributed by atoms with E-state index in [0.29, 0.717) is 5.02 Å². The fourth-order valence-electron chi connectivity index (χ4n) is 2.07. The largest absolute Gasteiger partial charge is 0.460 e. The van der Waals surface area contributed by atoms with Gasteiger partial charge in [-0.15, -0.1) is 0 Å². The van der Waals surface area contributed by atoms with Crippen LogP contribution >= 0.6 is 11.6 Å². The molecule has 2 aromatic carbocycles. The molecule has 0 spiro atoms. The number of ether oxygens (including phenoxy) is 1. The van der Waals surface area contributed by atoms with Crippen molar-refractivity contribution >= 4 is 17.6 Å². The molecule has 2 N–H and O–H groups in total. The molecule has 0 aliphatic heterocycles. The van der Waals surface area contributed by atoms with Crippen LogP contribution in [0.15, 0.2) is 54.6 Å². The van der Waals surface area contributed by atoms with Crippen molar-refractivity contribution in [1.29, 1.82) is 0 Å². The lowest BCUT2D eigenvalue weighted by Gasteiger charge is -2.20. The van der Waals surface area contributed by atoms with Crippen LogP contribution in [0.25, 0.3) is 0 Å². The fraction of sp³-hybridized carbons (Fsp3) is 0.235.